The standard InChI is InChI=1S/C27H33ClN2O3/c1-2-33-26(32)27(15-17-29(18-16-27)23-11-6-7-12-23)30(24-13-4-3-5-14-24)25(31)20-21-9-8-10-22(28)19-21/h3-5,8-10,13-14,19,23H,2,6-7,11-12,15-18,20H2,1H3. The molecule has 0 aromatic heterocycles. The molecule has 33 heavy (non-hydrogen) atoms. The molecule has 0 N–H and O–H groups in total. The minimum absolute atomic E-state index is 0.120. The molecule has 1 saturated heterocycles. The Hall–Kier alpha value is -2.37. The van der Waals surface area contributed by atoms with Gasteiger partial charge in [0.2, 0.25) is 5.91 Å². The summed E-state index contributed by atoms with van der Waals surface area (Å²) < 4.78 is 5.59. The molecule has 4 rings (SSSR count). The van der Waals surface area contributed by atoms with E-state index in [2.05, 4.69) is 4.90 Å². The fraction of sp³-hybridized carbons (Fsp3) is 0.481. The first-order chi connectivity index (χ1) is 16.0. The third kappa shape index (κ3) is 5.25. The average molecular weight is 469 g/mol. The van der Waals surface area contributed by atoms with Crippen molar-refractivity contribution in [3.05, 3.63) is 65.2 Å². The molecule has 1 amide bonds. The van der Waals surface area contributed by atoms with Crippen molar-refractivity contribution >= 4 is 29.2 Å². The van der Waals surface area contributed by atoms with Gasteiger partial charge in [0.25, 0.3) is 0 Å². The molecule has 0 spiro atoms. The van der Waals surface area contributed by atoms with E-state index in [1.807, 2.05) is 55.5 Å². The van der Waals surface area contributed by atoms with Gasteiger partial charge in [0.15, 0.2) is 0 Å². The van der Waals surface area contributed by atoms with Gasteiger partial charge in [0, 0.05) is 29.8 Å². The molecule has 5 nitrogen and oxygen atoms in total. The molecule has 0 bridgehead atoms. The molecule has 1 heterocycles. The number of rotatable bonds is 7. The van der Waals surface area contributed by atoms with Crippen molar-refractivity contribution < 1.29 is 14.3 Å². The summed E-state index contributed by atoms with van der Waals surface area (Å²) in [6.07, 6.45) is 6.31. The highest BCUT2D eigenvalue weighted by molar-refractivity contribution is 6.30. The van der Waals surface area contributed by atoms with Crippen LogP contribution in [0.4, 0.5) is 5.69 Å². The fourth-order valence-corrected chi connectivity index (χ4v) is 5.63. The maximum Gasteiger partial charge on any atom is 0.332 e. The lowest BCUT2D eigenvalue weighted by Crippen LogP contribution is -2.63. The van der Waals surface area contributed by atoms with Crippen molar-refractivity contribution in [3.63, 3.8) is 0 Å². The van der Waals surface area contributed by atoms with E-state index in [9.17, 15) is 9.59 Å². The fourth-order valence-electron chi connectivity index (χ4n) is 5.42. The van der Waals surface area contributed by atoms with Crippen LogP contribution in [-0.4, -0.2) is 48.1 Å². The molecule has 6 heteroatoms. The number of piperidine rings is 1. The summed E-state index contributed by atoms with van der Waals surface area (Å²) in [5.41, 5.74) is 0.546. The van der Waals surface area contributed by atoms with Gasteiger partial charge in [-0.2, -0.15) is 0 Å². The molecule has 2 aromatic carbocycles. The lowest BCUT2D eigenvalue weighted by atomic mass is 9.83. The normalized spacial score (nSPS) is 18.7. The Morgan fingerprint density at radius 1 is 1.06 bits per heavy atom. The first-order valence-corrected chi connectivity index (χ1v) is 12.4. The van der Waals surface area contributed by atoms with E-state index in [1.165, 1.54) is 25.7 Å². The molecule has 0 radical (unpaired) electrons. The van der Waals surface area contributed by atoms with E-state index in [4.69, 9.17) is 16.3 Å². The Morgan fingerprint density at radius 3 is 2.39 bits per heavy atom. The van der Waals surface area contributed by atoms with Gasteiger partial charge in [0.1, 0.15) is 5.54 Å². The topological polar surface area (TPSA) is 49.9 Å². The molecule has 1 aliphatic carbocycles. The van der Waals surface area contributed by atoms with E-state index < -0.39 is 5.54 Å². The van der Waals surface area contributed by atoms with Crippen LogP contribution in [0.15, 0.2) is 54.6 Å². The van der Waals surface area contributed by atoms with Gasteiger partial charge >= 0.3 is 5.97 Å². The first kappa shape index (κ1) is 23.8. The van der Waals surface area contributed by atoms with Crippen molar-refractivity contribution in [2.24, 2.45) is 0 Å². The number of amides is 1. The maximum atomic E-state index is 13.8. The Kier molecular flexibility index (Phi) is 7.71. The smallest absolute Gasteiger partial charge is 0.332 e. The molecule has 1 aliphatic heterocycles. The summed E-state index contributed by atoms with van der Waals surface area (Å²) in [5.74, 6) is -0.426. The van der Waals surface area contributed by atoms with Crippen LogP contribution < -0.4 is 4.90 Å². The summed E-state index contributed by atoms with van der Waals surface area (Å²) in [6.45, 7) is 3.69. The summed E-state index contributed by atoms with van der Waals surface area (Å²) in [6, 6.07) is 17.5. The van der Waals surface area contributed by atoms with Crippen LogP contribution in [-0.2, 0) is 20.7 Å². The molecule has 2 fully saturated rings. The molecular weight excluding hydrogens is 436 g/mol. The predicted octanol–water partition coefficient (Wildman–Crippen LogP) is 5.26. The first-order valence-electron chi connectivity index (χ1n) is 12.1. The van der Waals surface area contributed by atoms with E-state index in [0.717, 1.165) is 24.3 Å². The van der Waals surface area contributed by atoms with Crippen LogP contribution in [0, 0.1) is 0 Å². The van der Waals surface area contributed by atoms with Crippen LogP contribution in [0.1, 0.15) is 51.0 Å². The van der Waals surface area contributed by atoms with Crippen LogP contribution in [0.3, 0.4) is 0 Å². The number of nitrogens with zero attached hydrogens (tertiary/aromatic N) is 2. The number of carbonyl (C=O) groups is 2. The minimum Gasteiger partial charge on any atom is -0.464 e. The molecular formula is C27H33ClN2O3. The van der Waals surface area contributed by atoms with Gasteiger partial charge in [-0.1, -0.05) is 54.8 Å². The summed E-state index contributed by atoms with van der Waals surface area (Å²) in [5, 5.41) is 0.594. The van der Waals surface area contributed by atoms with E-state index >= 15 is 0 Å². The number of para-hydroxylation sites is 1. The molecule has 176 valence electrons. The Bertz CT molecular complexity index is 951. The Labute approximate surface area is 201 Å². The zero-order chi connectivity index (χ0) is 23.3. The number of hydrogen-bond acceptors (Lipinski definition) is 4. The lowest BCUT2D eigenvalue weighted by molar-refractivity contribution is -0.153. The number of halogens is 1. The van der Waals surface area contributed by atoms with Crippen LogP contribution >= 0.6 is 11.6 Å². The summed E-state index contributed by atoms with van der Waals surface area (Å²) >= 11 is 6.17. The monoisotopic (exact) mass is 468 g/mol. The summed E-state index contributed by atoms with van der Waals surface area (Å²) in [4.78, 5) is 31.6. The quantitative estimate of drug-likeness (QED) is 0.520. The van der Waals surface area contributed by atoms with Crippen molar-refractivity contribution in [1.29, 1.82) is 0 Å². The van der Waals surface area contributed by atoms with E-state index in [-0.39, 0.29) is 24.9 Å². The van der Waals surface area contributed by atoms with Gasteiger partial charge in [0.05, 0.1) is 13.0 Å². The van der Waals surface area contributed by atoms with Gasteiger partial charge in [-0.3, -0.25) is 9.69 Å². The second kappa shape index (κ2) is 10.7. The third-order valence-corrected chi connectivity index (χ3v) is 7.29. The van der Waals surface area contributed by atoms with E-state index in [0.29, 0.717) is 23.9 Å². The third-order valence-electron chi connectivity index (χ3n) is 7.06. The zero-order valence-corrected chi connectivity index (χ0v) is 20.1. The second-order valence-corrected chi connectivity index (χ2v) is 9.53. The van der Waals surface area contributed by atoms with Crippen molar-refractivity contribution in [3.8, 4) is 0 Å². The van der Waals surface area contributed by atoms with Crippen LogP contribution in [0.25, 0.3) is 0 Å². The van der Waals surface area contributed by atoms with Gasteiger partial charge < -0.3 is 9.64 Å². The highest BCUT2D eigenvalue weighted by Gasteiger charge is 2.51. The van der Waals surface area contributed by atoms with Crippen molar-refractivity contribution in [2.75, 3.05) is 24.6 Å². The van der Waals surface area contributed by atoms with Gasteiger partial charge in [-0.05, 0) is 62.4 Å². The SMILES string of the molecule is CCOC(=O)C1(N(C(=O)Cc2cccc(Cl)c2)c2ccccc2)CCN(C2CCCC2)CC1. The number of anilines is 1. The van der Waals surface area contributed by atoms with Crippen LogP contribution in [0.2, 0.25) is 5.02 Å². The highest BCUT2D eigenvalue weighted by Crippen LogP contribution is 2.37. The number of likely N-dealkylation sites (tertiary alicyclic amines) is 1. The molecule has 2 aromatic rings. The molecule has 0 unspecified atom stereocenters. The molecule has 2 aliphatic rings. The van der Waals surface area contributed by atoms with Crippen molar-refractivity contribution in [2.45, 2.75) is 63.5 Å². The number of ether oxygens (including phenoxy) is 1. The van der Waals surface area contributed by atoms with Crippen LogP contribution in [0.5, 0.6) is 0 Å². The van der Waals surface area contributed by atoms with E-state index in [1.54, 1.807) is 11.0 Å². The second-order valence-electron chi connectivity index (χ2n) is 9.10. The molecule has 0 atom stereocenters. The number of esters is 1. The summed E-state index contributed by atoms with van der Waals surface area (Å²) in [7, 11) is 0. The minimum atomic E-state index is -1.01. The van der Waals surface area contributed by atoms with Gasteiger partial charge in [-0.15, -0.1) is 0 Å². The van der Waals surface area contributed by atoms with Gasteiger partial charge in [-0.25, -0.2) is 4.79 Å². The van der Waals surface area contributed by atoms with Crippen molar-refractivity contribution in [1.82, 2.24) is 4.90 Å². The molecule has 1 saturated carbocycles. The zero-order valence-electron chi connectivity index (χ0n) is 19.3. The predicted molar refractivity (Wildman–Crippen MR) is 132 cm³/mol. The Morgan fingerprint density at radius 2 is 1.76 bits per heavy atom. The Balaban J connectivity index is 1.67. The highest BCUT2D eigenvalue weighted by atomic mass is 35.5. The largest absolute Gasteiger partial charge is 0.464 e. The average Bonchev–Trinajstić information content (AvgIpc) is 3.35. The number of benzene rings is 2. The maximum absolute atomic E-state index is 13.8. The number of carbonyl (C=O) groups excluding carboxylic acids is 2. The lowest BCUT2D eigenvalue weighted by Gasteiger charge is -2.48. The number of hydrogen-bond donors (Lipinski definition) is 0.